The number of carboxylic acids is 1. The molecule has 1 aliphatic rings. The second-order valence-corrected chi connectivity index (χ2v) is 3.98. The third-order valence-electron chi connectivity index (χ3n) is 2.83. The maximum absolute atomic E-state index is 10.4. The molecule has 0 aromatic rings. The molecule has 2 atom stereocenters. The number of likely N-dealkylation sites (tertiary alicyclic amines) is 1. The van der Waals surface area contributed by atoms with E-state index in [1.165, 1.54) is 0 Å². The first-order valence-electron chi connectivity index (χ1n) is 5.25. The largest absolute Gasteiger partial charge is 0.481 e. The monoisotopic (exact) mass is 201 g/mol. The number of piperidine rings is 1. The normalized spacial score (nSPS) is 26.0. The van der Waals surface area contributed by atoms with Crippen molar-refractivity contribution in [3.63, 3.8) is 0 Å². The molecule has 14 heavy (non-hydrogen) atoms. The van der Waals surface area contributed by atoms with Gasteiger partial charge in [0.1, 0.15) is 0 Å². The van der Waals surface area contributed by atoms with Crippen molar-refractivity contribution in [2.75, 3.05) is 13.1 Å². The minimum atomic E-state index is -0.764. The summed E-state index contributed by atoms with van der Waals surface area (Å²) in [6.07, 6.45) is 3.05. The van der Waals surface area contributed by atoms with Gasteiger partial charge in [0, 0.05) is 12.6 Å². The number of aliphatic hydroxyl groups excluding tert-OH is 1. The van der Waals surface area contributed by atoms with Crippen LogP contribution in [0, 0.1) is 0 Å². The van der Waals surface area contributed by atoms with E-state index in [-0.39, 0.29) is 18.6 Å². The lowest BCUT2D eigenvalue weighted by Crippen LogP contribution is -2.46. The highest BCUT2D eigenvalue weighted by atomic mass is 16.4. The van der Waals surface area contributed by atoms with E-state index in [2.05, 4.69) is 4.90 Å². The van der Waals surface area contributed by atoms with Crippen molar-refractivity contribution in [1.82, 2.24) is 4.90 Å². The predicted octanol–water partition coefficient (Wildman–Crippen LogP) is 0.696. The summed E-state index contributed by atoms with van der Waals surface area (Å²) < 4.78 is 0. The Morgan fingerprint density at radius 1 is 1.57 bits per heavy atom. The Kier molecular flexibility index (Phi) is 4.35. The van der Waals surface area contributed by atoms with Gasteiger partial charge in [0.2, 0.25) is 0 Å². The maximum Gasteiger partial charge on any atom is 0.304 e. The fourth-order valence-electron chi connectivity index (χ4n) is 2.08. The van der Waals surface area contributed by atoms with Crippen molar-refractivity contribution in [2.45, 2.75) is 44.8 Å². The highest BCUT2D eigenvalue weighted by Gasteiger charge is 2.25. The van der Waals surface area contributed by atoms with Crippen LogP contribution in [0.5, 0.6) is 0 Å². The lowest BCUT2D eigenvalue weighted by molar-refractivity contribution is -0.137. The van der Waals surface area contributed by atoms with Gasteiger partial charge in [0.05, 0.1) is 12.5 Å². The molecule has 0 radical (unpaired) electrons. The lowest BCUT2D eigenvalue weighted by Gasteiger charge is -2.37. The predicted molar refractivity (Wildman–Crippen MR) is 53.1 cm³/mol. The van der Waals surface area contributed by atoms with Gasteiger partial charge in [0.25, 0.3) is 0 Å². The zero-order valence-electron chi connectivity index (χ0n) is 8.65. The summed E-state index contributed by atoms with van der Waals surface area (Å²) in [7, 11) is 0. The van der Waals surface area contributed by atoms with Gasteiger partial charge < -0.3 is 10.2 Å². The summed E-state index contributed by atoms with van der Waals surface area (Å²) in [5.41, 5.74) is 0. The standard InChI is InChI=1S/C10H19NO3/c1-8(12)9-4-2-3-6-11(9)7-5-10(13)14/h8-9,12H,2-7H2,1H3,(H,13,14)/t8-,9-/m1/s1. The maximum atomic E-state index is 10.4. The highest BCUT2D eigenvalue weighted by molar-refractivity contribution is 5.66. The molecule has 0 saturated carbocycles. The Bertz CT molecular complexity index is 194. The van der Waals surface area contributed by atoms with Crippen LogP contribution in [0.3, 0.4) is 0 Å². The minimum Gasteiger partial charge on any atom is -0.481 e. The van der Waals surface area contributed by atoms with E-state index in [1.54, 1.807) is 6.92 Å². The Hall–Kier alpha value is -0.610. The van der Waals surface area contributed by atoms with Crippen molar-refractivity contribution in [1.29, 1.82) is 0 Å². The second kappa shape index (κ2) is 5.32. The second-order valence-electron chi connectivity index (χ2n) is 3.98. The molecule has 0 aliphatic carbocycles. The zero-order valence-corrected chi connectivity index (χ0v) is 8.65. The first kappa shape index (κ1) is 11.5. The number of rotatable bonds is 4. The molecule has 82 valence electrons. The molecule has 1 saturated heterocycles. The fourth-order valence-corrected chi connectivity index (χ4v) is 2.08. The molecule has 1 aliphatic heterocycles. The van der Waals surface area contributed by atoms with Crippen LogP contribution in [0.4, 0.5) is 0 Å². The Labute approximate surface area is 84.5 Å². The van der Waals surface area contributed by atoms with Crippen LogP contribution in [0.15, 0.2) is 0 Å². The van der Waals surface area contributed by atoms with Crippen LogP contribution < -0.4 is 0 Å². The number of carboxylic acid groups (broad SMARTS) is 1. The quantitative estimate of drug-likeness (QED) is 0.702. The molecule has 2 N–H and O–H groups in total. The first-order valence-corrected chi connectivity index (χ1v) is 5.25. The fraction of sp³-hybridized carbons (Fsp3) is 0.900. The van der Waals surface area contributed by atoms with Crippen LogP contribution in [0.2, 0.25) is 0 Å². The van der Waals surface area contributed by atoms with Gasteiger partial charge >= 0.3 is 5.97 Å². The van der Waals surface area contributed by atoms with Gasteiger partial charge in [-0.05, 0) is 26.3 Å². The summed E-state index contributed by atoms with van der Waals surface area (Å²) >= 11 is 0. The summed E-state index contributed by atoms with van der Waals surface area (Å²) in [6.45, 7) is 3.26. The van der Waals surface area contributed by atoms with Gasteiger partial charge in [-0.1, -0.05) is 6.42 Å². The summed E-state index contributed by atoms with van der Waals surface area (Å²) in [5.74, 6) is -0.764. The summed E-state index contributed by atoms with van der Waals surface area (Å²) in [5, 5.41) is 18.1. The van der Waals surface area contributed by atoms with Crippen LogP contribution in [-0.2, 0) is 4.79 Å². The summed E-state index contributed by atoms with van der Waals surface area (Å²) in [4.78, 5) is 12.5. The smallest absolute Gasteiger partial charge is 0.304 e. The molecule has 0 aromatic carbocycles. The SMILES string of the molecule is C[C@@H](O)[C@H]1CCCCN1CCC(=O)O. The summed E-state index contributed by atoms with van der Waals surface area (Å²) in [6, 6.07) is 0.156. The number of carbonyl (C=O) groups is 1. The molecule has 4 nitrogen and oxygen atoms in total. The zero-order chi connectivity index (χ0) is 10.6. The molecule has 1 fully saturated rings. The third kappa shape index (κ3) is 3.27. The van der Waals surface area contributed by atoms with Crippen LogP contribution >= 0.6 is 0 Å². The Balaban J connectivity index is 2.41. The third-order valence-corrected chi connectivity index (χ3v) is 2.83. The Morgan fingerprint density at radius 3 is 2.86 bits per heavy atom. The van der Waals surface area contributed by atoms with E-state index in [4.69, 9.17) is 5.11 Å². The average Bonchev–Trinajstić information content (AvgIpc) is 2.15. The molecule has 0 aromatic heterocycles. The molecule has 1 rings (SSSR count). The van der Waals surface area contributed by atoms with E-state index in [0.717, 1.165) is 25.8 Å². The minimum absolute atomic E-state index is 0.156. The topological polar surface area (TPSA) is 60.8 Å². The van der Waals surface area contributed by atoms with Crippen molar-refractivity contribution in [3.05, 3.63) is 0 Å². The number of nitrogens with zero attached hydrogens (tertiary/aromatic N) is 1. The first-order chi connectivity index (χ1) is 6.61. The van der Waals surface area contributed by atoms with Crippen LogP contribution in [-0.4, -0.2) is 46.3 Å². The van der Waals surface area contributed by atoms with Crippen LogP contribution in [0.1, 0.15) is 32.6 Å². The number of aliphatic hydroxyl groups is 1. The van der Waals surface area contributed by atoms with E-state index in [9.17, 15) is 9.90 Å². The van der Waals surface area contributed by atoms with E-state index >= 15 is 0 Å². The molecule has 0 unspecified atom stereocenters. The van der Waals surface area contributed by atoms with Crippen molar-refractivity contribution >= 4 is 5.97 Å². The Morgan fingerprint density at radius 2 is 2.29 bits per heavy atom. The number of hydrogen-bond acceptors (Lipinski definition) is 3. The van der Waals surface area contributed by atoms with Crippen molar-refractivity contribution in [2.24, 2.45) is 0 Å². The number of aliphatic carboxylic acids is 1. The van der Waals surface area contributed by atoms with Crippen molar-refractivity contribution < 1.29 is 15.0 Å². The molecule has 0 amide bonds. The average molecular weight is 201 g/mol. The molecular weight excluding hydrogens is 182 g/mol. The van der Waals surface area contributed by atoms with Gasteiger partial charge in [0.15, 0.2) is 0 Å². The molecular formula is C10H19NO3. The molecule has 0 bridgehead atoms. The highest BCUT2D eigenvalue weighted by Crippen LogP contribution is 2.19. The van der Waals surface area contributed by atoms with Gasteiger partial charge in [-0.3, -0.25) is 9.69 Å². The molecule has 1 heterocycles. The van der Waals surface area contributed by atoms with Gasteiger partial charge in [-0.2, -0.15) is 0 Å². The van der Waals surface area contributed by atoms with Gasteiger partial charge in [-0.25, -0.2) is 0 Å². The lowest BCUT2D eigenvalue weighted by atomic mass is 9.98. The van der Waals surface area contributed by atoms with E-state index < -0.39 is 5.97 Å². The van der Waals surface area contributed by atoms with Crippen molar-refractivity contribution in [3.8, 4) is 0 Å². The molecule has 4 heteroatoms. The number of hydrogen-bond donors (Lipinski definition) is 2. The van der Waals surface area contributed by atoms with Gasteiger partial charge in [-0.15, -0.1) is 0 Å². The van der Waals surface area contributed by atoms with E-state index in [0.29, 0.717) is 6.54 Å². The molecule has 0 spiro atoms. The van der Waals surface area contributed by atoms with Crippen LogP contribution in [0.25, 0.3) is 0 Å². The van der Waals surface area contributed by atoms with E-state index in [1.807, 2.05) is 0 Å².